The largest absolute Gasteiger partial charge is 0.493 e. The third-order valence-electron chi connectivity index (χ3n) is 4.75. The van der Waals surface area contributed by atoms with Gasteiger partial charge in [0.15, 0.2) is 23.0 Å². The van der Waals surface area contributed by atoms with Gasteiger partial charge in [0.05, 0.1) is 23.3 Å². The number of fused-ring (bicyclic) bond motifs is 1. The van der Waals surface area contributed by atoms with E-state index in [0.717, 1.165) is 24.7 Å². The second-order valence-electron chi connectivity index (χ2n) is 7.11. The summed E-state index contributed by atoms with van der Waals surface area (Å²) in [4.78, 5) is 12.2. The Hall–Kier alpha value is -2.79. The number of nitrogens with zero attached hydrogens (tertiary/aromatic N) is 1. The van der Waals surface area contributed by atoms with Gasteiger partial charge in [-0.15, -0.1) is 0 Å². The van der Waals surface area contributed by atoms with Gasteiger partial charge in [0.2, 0.25) is 12.7 Å². The molecule has 0 fully saturated rings. The molecule has 3 aromatic rings. The van der Waals surface area contributed by atoms with Crippen molar-refractivity contribution in [1.29, 1.82) is 0 Å². The van der Waals surface area contributed by atoms with Gasteiger partial charge in [0.1, 0.15) is 6.61 Å². The third kappa shape index (κ3) is 6.17. The van der Waals surface area contributed by atoms with Gasteiger partial charge in [-0.2, -0.15) is 5.10 Å². The average Bonchev–Trinajstić information content (AvgIpc) is 3.27. The van der Waals surface area contributed by atoms with Crippen molar-refractivity contribution >= 4 is 50.6 Å². The number of halogens is 2. The number of hydrogen-bond acceptors (Lipinski definition) is 6. The summed E-state index contributed by atoms with van der Waals surface area (Å²) in [5.74, 6) is 2.34. The van der Waals surface area contributed by atoms with Crippen molar-refractivity contribution in [3.8, 4) is 23.0 Å². The summed E-state index contributed by atoms with van der Waals surface area (Å²) in [7, 11) is 1.59. The van der Waals surface area contributed by atoms with E-state index in [1.807, 2.05) is 42.5 Å². The van der Waals surface area contributed by atoms with Crippen LogP contribution in [0.5, 0.6) is 23.0 Å². The minimum absolute atomic E-state index is 0.178. The van der Waals surface area contributed by atoms with Crippen molar-refractivity contribution in [3.05, 3.63) is 79.3 Å². The van der Waals surface area contributed by atoms with E-state index < -0.39 is 0 Å². The second-order valence-corrected chi connectivity index (χ2v) is 9.18. The maximum Gasteiger partial charge on any atom is 0.244 e. The van der Waals surface area contributed by atoms with Crippen LogP contribution in [0.1, 0.15) is 16.7 Å². The van der Waals surface area contributed by atoms with E-state index in [1.165, 1.54) is 0 Å². The quantitative estimate of drug-likeness (QED) is 0.216. The lowest BCUT2D eigenvalue weighted by Crippen LogP contribution is -2.19. The first kappa shape index (κ1) is 23.4. The van der Waals surface area contributed by atoms with E-state index >= 15 is 0 Å². The standard InChI is InChI=1S/C24H20BrIN2O5/c1-30-22-10-17(8-19(26)24(22)31-13-15-2-5-18(25)6-3-15)12-27-28-23(29)11-16-4-7-20-21(9-16)33-14-32-20/h2-10,12H,11,13-14H2,1H3,(H,28,29)/b27-12-. The molecule has 1 amide bonds. The maximum absolute atomic E-state index is 12.2. The molecule has 0 atom stereocenters. The van der Waals surface area contributed by atoms with Crippen LogP contribution in [-0.4, -0.2) is 26.0 Å². The molecule has 33 heavy (non-hydrogen) atoms. The van der Waals surface area contributed by atoms with E-state index in [9.17, 15) is 4.79 Å². The van der Waals surface area contributed by atoms with Crippen LogP contribution in [0.2, 0.25) is 0 Å². The number of carbonyl (C=O) groups is 1. The third-order valence-corrected chi connectivity index (χ3v) is 6.08. The molecule has 0 saturated carbocycles. The Morgan fingerprint density at radius 1 is 1.12 bits per heavy atom. The Morgan fingerprint density at radius 3 is 2.67 bits per heavy atom. The molecule has 0 unspecified atom stereocenters. The molecule has 170 valence electrons. The number of carbonyl (C=O) groups excluding carboxylic acids is 1. The first-order valence-electron chi connectivity index (χ1n) is 9.97. The molecule has 4 rings (SSSR count). The second kappa shape index (κ2) is 10.9. The highest BCUT2D eigenvalue weighted by Crippen LogP contribution is 2.34. The van der Waals surface area contributed by atoms with E-state index in [2.05, 4.69) is 49.0 Å². The average molecular weight is 623 g/mol. The van der Waals surface area contributed by atoms with Gasteiger partial charge < -0.3 is 18.9 Å². The summed E-state index contributed by atoms with van der Waals surface area (Å²) in [6, 6.07) is 17.1. The minimum atomic E-state index is -0.235. The topological polar surface area (TPSA) is 78.4 Å². The number of ether oxygens (including phenoxy) is 4. The fraction of sp³-hybridized carbons (Fsp3) is 0.167. The molecule has 9 heteroatoms. The highest BCUT2D eigenvalue weighted by Gasteiger charge is 2.15. The van der Waals surface area contributed by atoms with Crippen LogP contribution < -0.4 is 24.4 Å². The molecule has 7 nitrogen and oxygen atoms in total. The van der Waals surface area contributed by atoms with Crippen LogP contribution in [0.25, 0.3) is 0 Å². The maximum atomic E-state index is 12.2. The SMILES string of the molecule is COc1cc(/C=N\NC(=O)Cc2ccc3c(c2)OCO3)cc(I)c1OCc1ccc(Br)cc1. The molecule has 1 heterocycles. The molecule has 0 spiro atoms. The van der Waals surface area contributed by atoms with Gasteiger partial charge in [-0.1, -0.05) is 34.1 Å². The highest BCUT2D eigenvalue weighted by molar-refractivity contribution is 14.1. The summed E-state index contributed by atoms with van der Waals surface area (Å²) in [5, 5.41) is 4.07. The lowest BCUT2D eigenvalue weighted by Gasteiger charge is -2.13. The Morgan fingerprint density at radius 2 is 1.88 bits per heavy atom. The molecule has 1 aliphatic rings. The zero-order chi connectivity index (χ0) is 23.2. The fourth-order valence-electron chi connectivity index (χ4n) is 3.15. The molecule has 0 bridgehead atoms. The van der Waals surface area contributed by atoms with E-state index in [4.69, 9.17) is 18.9 Å². The molecule has 0 saturated heterocycles. The van der Waals surface area contributed by atoms with Crippen molar-refractivity contribution in [2.45, 2.75) is 13.0 Å². The lowest BCUT2D eigenvalue weighted by atomic mass is 10.1. The van der Waals surface area contributed by atoms with Gasteiger partial charge in [0, 0.05) is 4.47 Å². The van der Waals surface area contributed by atoms with Crippen LogP contribution in [-0.2, 0) is 17.8 Å². The monoisotopic (exact) mass is 622 g/mol. The predicted octanol–water partition coefficient (Wildman–Crippen LogP) is 5.06. The van der Waals surface area contributed by atoms with Crippen molar-refractivity contribution in [3.63, 3.8) is 0 Å². The van der Waals surface area contributed by atoms with Crippen molar-refractivity contribution < 1.29 is 23.7 Å². The summed E-state index contributed by atoms with van der Waals surface area (Å²) in [5.41, 5.74) is 5.19. The van der Waals surface area contributed by atoms with E-state index in [-0.39, 0.29) is 19.1 Å². The Kier molecular flexibility index (Phi) is 7.71. The van der Waals surface area contributed by atoms with Gasteiger partial charge in [-0.3, -0.25) is 4.79 Å². The fourth-order valence-corrected chi connectivity index (χ4v) is 4.19. The van der Waals surface area contributed by atoms with Crippen LogP contribution in [0, 0.1) is 3.57 Å². The van der Waals surface area contributed by atoms with Crippen LogP contribution >= 0.6 is 38.5 Å². The Bertz CT molecular complexity index is 1180. The van der Waals surface area contributed by atoms with Gasteiger partial charge in [-0.25, -0.2) is 5.43 Å². The highest BCUT2D eigenvalue weighted by atomic mass is 127. The van der Waals surface area contributed by atoms with Gasteiger partial charge in [-0.05, 0) is 75.7 Å². The summed E-state index contributed by atoms with van der Waals surface area (Å²) in [6.07, 6.45) is 1.75. The number of amides is 1. The molecule has 0 aromatic heterocycles. The lowest BCUT2D eigenvalue weighted by molar-refractivity contribution is -0.120. The van der Waals surface area contributed by atoms with Crippen LogP contribution in [0.4, 0.5) is 0 Å². The van der Waals surface area contributed by atoms with Crippen LogP contribution in [0.3, 0.4) is 0 Å². The normalized spacial score (nSPS) is 12.1. The molecular weight excluding hydrogens is 603 g/mol. The molecule has 0 aliphatic carbocycles. The summed E-state index contributed by atoms with van der Waals surface area (Å²) in [6.45, 7) is 0.620. The Balaban J connectivity index is 1.36. The first-order valence-corrected chi connectivity index (χ1v) is 11.8. The predicted molar refractivity (Wildman–Crippen MR) is 136 cm³/mol. The zero-order valence-corrected chi connectivity index (χ0v) is 21.4. The van der Waals surface area contributed by atoms with Crippen molar-refractivity contribution in [2.24, 2.45) is 5.10 Å². The number of benzene rings is 3. The number of hydrogen-bond donors (Lipinski definition) is 1. The minimum Gasteiger partial charge on any atom is -0.493 e. The van der Waals surface area contributed by atoms with Crippen LogP contribution in [0.15, 0.2) is 64.2 Å². The zero-order valence-electron chi connectivity index (χ0n) is 17.6. The van der Waals surface area contributed by atoms with Crippen molar-refractivity contribution in [1.82, 2.24) is 5.43 Å². The molecule has 3 aromatic carbocycles. The molecule has 0 radical (unpaired) electrons. The number of nitrogens with one attached hydrogen (secondary N) is 1. The van der Waals surface area contributed by atoms with E-state index in [1.54, 1.807) is 25.5 Å². The summed E-state index contributed by atoms with van der Waals surface area (Å²) >= 11 is 5.62. The number of methoxy groups -OCH3 is 1. The van der Waals surface area contributed by atoms with Gasteiger partial charge in [0.25, 0.3) is 0 Å². The number of hydrazone groups is 1. The molecular formula is C24H20BrIN2O5. The van der Waals surface area contributed by atoms with E-state index in [0.29, 0.717) is 29.6 Å². The molecule has 1 aliphatic heterocycles. The summed E-state index contributed by atoms with van der Waals surface area (Å²) < 4.78 is 24.0. The smallest absolute Gasteiger partial charge is 0.244 e. The first-order chi connectivity index (χ1) is 16.0. The van der Waals surface area contributed by atoms with Crippen molar-refractivity contribution in [2.75, 3.05) is 13.9 Å². The number of rotatable bonds is 8. The molecule has 1 N–H and O–H groups in total. The van der Waals surface area contributed by atoms with Gasteiger partial charge >= 0.3 is 0 Å². The Labute approximate surface area is 213 Å².